The van der Waals surface area contributed by atoms with Crippen molar-refractivity contribution in [2.24, 2.45) is 4.99 Å². The van der Waals surface area contributed by atoms with E-state index in [-0.39, 0.29) is 0 Å². The van der Waals surface area contributed by atoms with Gasteiger partial charge in [0.15, 0.2) is 0 Å². The second kappa shape index (κ2) is 4.96. The van der Waals surface area contributed by atoms with Crippen molar-refractivity contribution in [2.75, 3.05) is 0 Å². The van der Waals surface area contributed by atoms with Crippen molar-refractivity contribution in [1.82, 2.24) is 0 Å². The zero-order chi connectivity index (χ0) is 10.5. The Bertz CT molecular complexity index is 332. The number of nitrogens with zero attached hydrogens (tertiary/aromatic N) is 1. The molecule has 2 rings (SSSR count). The van der Waals surface area contributed by atoms with Gasteiger partial charge >= 0.3 is 0 Å². The van der Waals surface area contributed by atoms with Crippen LogP contribution < -0.4 is 0 Å². The first kappa shape index (κ1) is 10.2. The van der Waals surface area contributed by atoms with Gasteiger partial charge in [-0.1, -0.05) is 18.2 Å². The average molecular weight is 203 g/mol. The van der Waals surface area contributed by atoms with Crippen LogP contribution >= 0.6 is 0 Å². The summed E-state index contributed by atoms with van der Waals surface area (Å²) in [5, 5.41) is 0. The molecule has 0 spiro atoms. The molecule has 0 N–H and O–H groups in total. The van der Waals surface area contributed by atoms with Crippen LogP contribution in [0.25, 0.3) is 0 Å². The number of rotatable bonds is 3. The third kappa shape index (κ3) is 2.58. The smallest absolute Gasteiger partial charge is 0.141 e. The molecular weight excluding hydrogens is 186 g/mol. The first-order valence-electron chi connectivity index (χ1n) is 5.62. The van der Waals surface area contributed by atoms with Gasteiger partial charge in [-0.2, -0.15) is 0 Å². The maximum Gasteiger partial charge on any atom is 0.141 e. The van der Waals surface area contributed by atoms with Crippen molar-refractivity contribution < 1.29 is 4.74 Å². The SMILES string of the molecule is C/C=C\N=C1CC=CC=C1OC1CCC1. The molecule has 1 saturated carbocycles. The van der Waals surface area contributed by atoms with Crippen LogP contribution in [-0.4, -0.2) is 11.8 Å². The second-order valence-corrected chi connectivity index (χ2v) is 3.89. The predicted octanol–water partition coefficient (Wildman–Crippen LogP) is 3.37. The summed E-state index contributed by atoms with van der Waals surface area (Å²) < 4.78 is 5.88. The van der Waals surface area contributed by atoms with Gasteiger partial charge in [0.2, 0.25) is 0 Å². The lowest BCUT2D eigenvalue weighted by atomic mass is 9.96. The number of allylic oxidation sites excluding steroid dienone is 5. The van der Waals surface area contributed by atoms with Gasteiger partial charge in [0.1, 0.15) is 5.76 Å². The van der Waals surface area contributed by atoms with E-state index in [9.17, 15) is 0 Å². The fourth-order valence-corrected chi connectivity index (χ4v) is 1.59. The van der Waals surface area contributed by atoms with Gasteiger partial charge in [-0.3, -0.25) is 4.99 Å². The molecule has 0 atom stereocenters. The molecule has 2 aliphatic carbocycles. The van der Waals surface area contributed by atoms with Crippen LogP contribution in [0.5, 0.6) is 0 Å². The molecule has 0 bridgehead atoms. The predicted molar refractivity (Wildman–Crippen MR) is 62.8 cm³/mol. The molecule has 2 nitrogen and oxygen atoms in total. The summed E-state index contributed by atoms with van der Waals surface area (Å²) in [6, 6.07) is 0. The first-order chi connectivity index (χ1) is 7.40. The van der Waals surface area contributed by atoms with E-state index in [4.69, 9.17) is 4.74 Å². The highest BCUT2D eigenvalue weighted by Gasteiger charge is 2.22. The Morgan fingerprint density at radius 2 is 2.33 bits per heavy atom. The van der Waals surface area contributed by atoms with Gasteiger partial charge in [-0.25, -0.2) is 0 Å². The van der Waals surface area contributed by atoms with Gasteiger partial charge in [-0.15, -0.1) is 0 Å². The Hall–Kier alpha value is -1.31. The van der Waals surface area contributed by atoms with Crippen molar-refractivity contribution >= 4 is 5.71 Å². The minimum Gasteiger partial charge on any atom is -0.489 e. The minimum atomic E-state index is 0.429. The number of aliphatic imine (C=N–C) groups is 1. The van der Waals surface area contributed by atoms with E-state index in [1.54, 1.807) is 0 Å². The van der Waals surface area contributed by atoms with Gasteiger partial charge < -0.3 is 4.74 Å². The second-order valence-electron chi connectivity index (χ2n) is 3.89. The highest BCUT2D eigenvalue weighted by molar-refractivity contribution is 6.00. The fraction of sp³-hybridized carbons (Fsp3) is 0.462. The summed E-state index contributed by atoms with van der Waals surface area (Å²) in [4.78, 5) is 4.39. The van der Waals surface area contributed by atoms with Crippen molar-refractivity contribution in [3.05, 3.63) is 36.3 Å². The number of hydrogen-bond acceptors (Lipinski definition) is 2. The van der Waals surface area contributed by atoms with Crippen molar-refractivity contribution in [1.29, 1.82) is 0 Å². The normalized spacial score (nSPS) is 24.3. The lowest BCUT2D eigenvalue weighted by Crippen LogP contribution is -2.24. The average Bonchev–Trinajstić information content (AvgIpc) is 2.22. The van der Waals surface area contributed by atoms with Crippen LogP contribution in [0, 0.1) is 0 Å². The zero-order valence-corrected chi connectivity index (χ0v) is 9.15. The largest absolute Gasteiger partial charge is 0.489 e. The maximum absolute atomic E-state index is 5.88. The molecule has 15 heavy (non-hydrogen) atoms. The third-order valence-electron chi connectivity index (χ3n) is 2.70. The molecule has 2 heteroatoms. The van der Waals surface area contributed by atoms with Gasteiger partial charge in [0.05, 0.1) is 11.8 Å². The third-order valence-corrected chi connectivity index (χ3v) is 2.70. The van der Waals surface area contributed by atoms with E-state index in [0.717, 1.165) is 17.9 Å². The Labute approximate surface area is 91.0 Å². The van der Waals surface area contributed by atoms with E-state index in [0.29, 0.717) is 6.10 Å². The van der Waals surface area contributed by atoms with Crippen molar-refractivity contribution in [3.8, 4) is 0 Å². The van der Waals surface area contributed by atoms with Gasteiger partial charge in [0.25, 0.3) is 0 Å². The molecule has 0 aliphatic heterocycles. The summed E-state index contributed by atoms with van der Waals surface area (Å²) in [6.45, 7) is 1.97. The van der Waals surface area contributed by atoms with Crippen LogP contribution in [0.1, 0.15) is 32.6 Å². The fourth-order valence-electron chi connectivity index (χ4n) is 1.59. The highest BCUT2D eigenvalue weighted by Crippen LogP contribution is 2.26. The Kier molecular flexibility index (Phi) is 3.38. The lowest BCUT2D eigenvalue weighted by Gasteiger charge is -2.28. The van der Waals surface area contributed by atoms with Crippen LogP contribution in [-0.2, 0) is 4.74 Å². The van der Waals surface area contributed by atoms with E-state index in [1.165, 1.54) is 19.3 Å². The van der Waals surface area contributed by atoms with Crippen LogP contribution in [0.2, 0.25) is 0 Å². The molecule has 2 aliphatic rings. The summed E-state index contributed by atoms with van der Waals surface area (Å²) in [7, 11) is 0. The molecule has 1 fully saturated rings. The Balaban J connectivity index is 2.03. The molecule has 0 aromatic carbocycles. The van der Waals surface area contributed by atoms with Gasteiger partial charge in [0, 0.05) is 12.6 Å². The number of hydrogen-bond donors (Lipinski definition) is 0. The van der Waals surface area contributed by atoms with E-state index in [2.05, 4.69) is 11.1 Å². The lowest BCUT2D eigenvalue weighted by molar-refractivity contribution is 0.0625. The monoisotopic (exact) mass is 203 g/mol. The molecule has 0 heterocycles. The summed E-state index contributed by atoms with van der Waals surface area (Å²) in [6.07, 6.45) is 14.9. The van der Waals surface area contributed by atoms with Crippen LogP contribution in [0.4, 0.5) is 0 Å². The topological polar surface area (TPSA) is 21.6 Å². The number of ether oxygens (including phenoxy) is 1. The summed E-state index contributed by atoms with van der Waals surface area (Å²) in [5.74, 6) is 0.959. The van der Waals surface area contributed by atoms with Crippen molar-refractivity contribution in [2.45, 2.75) is 38.7 Å². The van der Waals surface area contributed by atoms with Crippen LogP contribution in [0.15, 0.2) is 41.3 Å². The summed E-state index contributed by atoms with van der Waals surface area (Å²) >= 11 is 0. The molecule has 0 radical (unpaired) electrons. The molecule has 0 aromatic rings. The Morgan fingerprint density at radius 1 is 1.47 bits per heavy atom. The van der Waals surface area contributed by atoms with Crippen molar-refractivity contribution in [3.63, 3.8) is 0 Å². The maximum atomic E-state index is 5.88. The van der Waals surface area contributed by atoms with E-state index >= 15 is 0 Å². The molecule has 80 valence electrons. The minimum absolute atomic E-state index is 0.429. The summed E-state index contributed by atoms with van der Waals surface area (Å²) in [5.41, 5.74) is 1.04. The van der Waals surface area contributed by atoms with E-state index in [1.807, 2.05) is 31.4 Å². The molecule has 0 unspecified atom stereocenters. The first-order valence-corrected chi connectivity index (χ1v) is 5.62. The standard InChI is InChI=1S/C13H17NO/c1-2-10-14-12-8-3-4-9-13(12)15-11-6-5-7-11/h2-4,9-11H,5-8H2,1H3/b10-2-,14-12?. The highest BCUT2D eigenvalue weighted by atomic mass is 16.5. The quantitative estimate of drug-likeness (QED) is 0.689. The zero-order valence-electron chi connectivity index (χ0n) is 9.15. The van der Waals surface area contributed by atoms with Crippen LogP contribution in [0.3, 0.4) is 0 Å². The molecule has 0 saturated heterocycles. The van der Waals surface area contributed by atoms with Gasteiger partial charge in [-0.05, 0) is 32.3 Å². The van der Waals surface area contributed by atoms with E-state index < -0.39 is 0 Å². The molecule has 0 aromatic heterocycles. The Morgan fingerprint density at radius 3 is 3.00 bits per heavy atom. The molecule has 0 amide bonds. The molecular formula is C13H17NO.